The molecule has 18 heavy (non-hydrogen) atoms. The van der Waals surface area contributed by atoms with Gasteiger partial charge < -0.3 is 15.4 Å². The molecule has 1 aromatic rings. The van der Waals surface area contributed by atoms with E-state index in [1.807, 2.05) is 0 Å². The topological polar surface area (TPSA) is 33.3 Å². The second-order valence-corrected chi connectivity index (χ2v) is 5.33. The van der Waals surface area contributed by atoms with Crippen molar-refractivity contribution in [3.8, 4) is 5.75 Å². The van der Waals surface area contributed by atoms with Crippen LogP contribution in [0.4, 0.5) is 0 Å². The first-order valence-electron chi connectivity index (χ1n) is 6.78. The van der Waals surface area contributed by atoms with Crippen molar-refractivity contribution < 1.29 is 4.74 Å². The van der Waals surface area contributed by atoms with Crippen molar-refractivity contribution in [3.63, 3.8) is 0 Å². The van der Waals surface area contributed by atoms with Crippen LogP contribution in [0.2, 0.25) is 0 Å². The Kier molecular flexibility index (Phi) is 4.25. The van der Waals surface area contributed by atoms with Gasteiger partial charge in [-0.3, -0.25) is 0 Å². The minimum Gasteiger partial charge on any atom is -0.496 e. The van der Waals surface area contributed by atoms with Crippen molar-refractivity contribution in [2.75, 3.05) is 20.2 Å². The molecule has 1 heterocycles. The maximum atomic E-state index is 5.57. The van der Waals surface area contributed by atoms with Crippen LogP contribution >= 0.6 is 0 Å². The molecule has 0 radical (unpaired) electrons. The lowest BCUT2D eigenvalue weighted by molar-refractivity contribution is 0.330. The SMILES string of the molecule is COc1cc(C(C)C)ccc1C1NCCNC1C. The number of hydrogen-bond donors (Lipinski definition) is 2. The third-order valence-electron chi connectivity index (χ3n) is 3.71. The van der Waals surface area contributed by atoms with E-state index in [1.54, 1.807) is 7.11 Å². The molecule has 2 N–H and O–H groups in total. The van der Waals surface area contributed by atoms with Gasteiger partial charge in [-0.15, -0.1) is 0 Å². The monoisotopic (exact) mass is 248 g/mol. The fourth-order valence-electron chi connectivity index (χ4n) is 2.55. The zero-order valence-corrected chi connectivity index (χ0v) is 11.8. The molecule has 2 rings (SSSR count). The summed E-state index contributed by atoms with van der Waals surface area (Å²) >= 11 is 0. The van der Waals surface area contributed by atoms with E-state index in [2.05, 4.69) is 49.6 Å². The highest BCUT2D eigenvalue weighted by Crippen LogP contribution is 2.31. The maximum Gasteiger partial charge on any atom is 0.123 e. The molecule has 1 aromatic carbocycles. The highest BCUT2D eigenvalue weighted by atomic mass is 16.5. The van der Waals surface area contributed by atoms with E-state index in [9.17, 15) is 0 Å². The van der Waals surface area contributed by atoms with Gasteiger partial charge in [0.05, 0.1) is 13.2 Å². The second kappa shape index (κ2) is 5.72. The Bertz CT molecular complexity index is 403. The Balaban J connectivity index is 2.31. The van der Waals surface area contributed by atoms with Crippen molar-refractivity contribution in [1.82, 2.24) is 10.6 Å². The third kappa shape index (κ3) is 2.68. The van der Waals surface area contributed by atoms with Crippen molar-refractivity contribution in [1.29, 1.82) is 0 Å². The summed E-state index contributed by atoms with van der Waals surface area (Å²) in [5, 5.41) is 7.07. The number of piperazine rings is 1. The van der Waals surface area contributed by atoms with Crippen molar-refractivity contribution in [3.05, 3.63) is 29.3 Å². The van der Waals surface area contributed by atoms with Gasteiger partial charge in [0.1, 0.15) is 5.75 Å². The van der Waals surface area contributed by atoms with Crippen LogP contribution < -0.4 is 15.4 Å². The molecule has 0 amide bonds. The van der Waals surface area contributed by atoms with E-state index in [0.29, 0.717) is 18.0 Å². The number of ether oxygens (including phenoxy) is 1. The molecule has 1 saturated heterocycles. The molecular weight excluding hydrogens is 224 g/mol. The predicted octanol–water partition coefficient (Wildman–Crippen LogP) is 2.44. The molecule has 0 bridgehead atoms. The van der Waals surface area contributed by atoms with Crippen LogP contribution in [0.15, 0.2) is 18.2 Å². The highest BCUT2D eigenvalue weighted by Gasteiger charge is 2.24. The molecule has 0 spiro atoms. The van der Waals surface area contributed by atoms with Gasteiger partial charge in [0.25, 0.3) is 0 Å². The van der Waals surface area contributed by atoms with E-state index in [-0.39, 0.29) is 0 Å². The maximum absolute atomic E-state index is 5.57. The van der Waals surface area contributed by atoms with Crippen LogP contribution in [0.1, 0.15) is 43.9 Å². The number of methoxy groups -OCH3 is 1. The van der Waals surface area contributed by atoms with Crippen LogP contribution in [-0.2, 0) is 0 Å². The van der Waals surface area contributed by atoms with Gasteiger partial charge in [0.2, 0.25) is 0 Å². The van der Waals surface area contributed by atoms with E-state index < -0.39 is 0 Å². The Hall–Kier alpha value is -1.06. The van der Waals surface area contributed by atoms with Gasteiger partial charge in [0, 0.05) is 24.7 Å². The molecule has 0 aromatic heterocycles. The Morgan fingerprint density at radius 1 is 1.22 bits per heavy atom. The smallest absolute Gasteiger partial charge is 0.123 e. The number of rotatable bonds is 3. The molecule has 2 unspecified atom stereocenters. The highest BCUT2D eigenvalue weighted by molar-refractivity contribution is 5.41. The van der Waals surface area contributed by atoms with Crippen molar-refractivity contribution >= 4 is 0 Å². The first-order chi connectivity index (χ1) is 8.63. The molecule has 3 nitrogen and oxygen atoms in total. The summed E-state index contributed by atoms with van der Waals surface area (Å²) in [5.41, 5.74) is 2.58. The quantitative estimate of drug-likeness (QED) is 0.862. The summed E-state index contributed by atoms with van der Waals surface area (Å²) in [7, 11) is 1.75. The molecule has 1 fully saturated rings. The average Bonchev–Trinajstić information content (AvgIpc) is 2.38. The van der Waals surface area contributed by atoms with Gasteiger partial charge in [-0.05, 0) is 24.5 Å². The van der Waals surface area contributed by atoms with Crippen molar-refractivity contribution in [2.45, 2.75) is 38.8 Å². The second-order valence-electron chi connectivity index (χ2n) is 5.33. The molecule has 100 valence electrons. The summed E-state index contributed by atoms with van der Waals surface area (Å²) in [6.07, 6.45) is 0. The van der Waals surface area contributed by atoms with E-state index in [1.165, 1.54) is 11.1 Å². The van der Waals surface area contributed by atoms with E-state index >= 15 is 0 Å². The van der Waals surface area contributed by atoms with Gasteiger partial charge in [-0.2, -0.15) is 0 Å². The minimum absolute atomic E-state index is 0.329. The summed E-state index contributed by atoms with van der Waals surface area (Å²) in [6, 6.07) is 7.34. The molecule has 3 heteroatoms. The van der Waals surface area contributed by atoms with Gasteiger partial charge in [0.15, 0.2) is 0 Å². The van der Waals surface area contributed by atoms with E-state index in [0.717, 1.165) is 18.8 Å². The summed E-state index contributed by atoms with van der Waals surface area (Å²) in [6.45, 7) is 8.66. The Morgan fingerprint density at radius 2 is 1.94 bits per heavy atom. The largest absolute Gasteiger partial charge is 0.496 e. The predicted molar refractivity (Wildman–Crippen MR) is 75.3 cm³/mol. The first kappa shape index (κ1) is 13.4. The molecule has 2 atom stereocenters. The number of hydrogen-bond acceptors (Lipinski definition) is 3. The van der Waals surface area contributed by atoms with Gasteiger partial charge in [-0.25, -0.2) is 0 Å². The van der Waals surface area contributed by atoms with E-state index in [4.69, 9.17) is 4.74 Å². The Labute approximate surface area is 110 Å². The zero-order valence-electron chi connectivity index (χ0n) is 11.8. The zero-order chi connectivity index (χ0) is 13.1. The lowest BCUT2D eigenvalue weighted by atomic mass is 9.94. The first-order valence-corrected chi connectivity index (χ1v) is 6.78. The van der Waals surface area contributed by atoms with Crippen molar-refractivity contribution in [2.24, 2.45) is 0 Å². The summed E-state index contributed by atoms with van der Waals surface area (Å²) in [5.74, 6) is 1.53. The lowest BCUT2D eigenvalue weighted by Crippen LogP contribution is -2.49. The number of benzene rings is 1. The normalized spacial score (nSPS) is 24.3. The van der Waals surface area contributed by atoms with Gasteiger partial charge in [-0.1, -0.05) is 26.0 Å². The molecule has 0 saturated carbocycles. The summed E-state index contributed by atoms with van der Waals surface area (Å²) in [4.78, 5) is 0. The van der Waals surface area contributed by atoms with Crippen LogP contribution in [0.25, 0.3) is 0 Å². The molecule has 0 aliphatic carbocycles. The number of nitrogens with one attached hydrogen (secondary N) is 2. The van der Waals surface area contributed by atoms with Crippen LogP contribution in [0.5, 0.6) is 5.75 Å². The average molecular weight is 248 g/mol. The van der Waals surface area contributed by atoms with Crippen LogP contribution in [0.3, 0.4) is 0 Å². The Morgan fingerprint density at radius 3 is 2.56 bits per heavy atom. The minimum atomic E-state index is 0.329. The lowest BCUT2D eigenvalue weighted by Gasteiger charge is -2.32. The molecule has 1 aliphatic rings. The molecular formula is C15H24N2O. The van der Waals surface area contributed by atoms with Crippen LogP contribution in [0, 0.1) is 0 Å². The fourth-order valence-corrected chi connectivity index (χ4v) is 2.55. The standard InChI is InChI=1S/C15H24N2O/c1-10(2)12-5-6-13(14(9-12)18-4)15-11(3)16-7-8-17-15/h5-6,9-11,15-17H,7-8H2,1-4H3. The third-order valence-corrected chi connectivity index (χ3v) is 3.71. The van der Waals surface area contributed by atoms with Gasteiger partial charge >= 0.3 is 0 Å². The molecule has 1 aliphatic heterocycles. The summed E-state index contributed by atoms with van der Waals surface area (Å²) < 4.78 is 5.57. The van der Waals surface area contributed by atoms with Crippen LogP contribution in [-0.4, -0.2) is 26.2 Å². The fraction of sp³-hybridized carbons (Fsp3) is 0.600.